The lowest BCUT2D eigenvalue weighted by Crippen LogP contribution is -2.45. The number of aryl methyl sites for hydroxylation is 1. The van der Waals surface area contributed by atoms with Crippen molar-refractivity contribution in [2.24, 2.45) is 11.7 Å². The Labute approximate surface area is 170 Å². The van der Waals surface area contributed by atoms with Crippen LogP contribution in [0, 0.1) is 12.8 Å². The molecule has 2 aromatic rings. The van der Waals surface area contributed by atoms with Gasteiger partial charge in [0, 0.05) is 22.0 Å². The highest BCUT2D eigenvalue weighted by molar-refractivity contribution is 8.00. The van der Waals surface area contributed by atoms with Crippen LogP contribution in [0.4, 0.5) is 0 Å². The molecule has 7 heteroatoms. The number of carbonyl (C=O) groups excluding carboxylic acids is 1. The molecule has 28 heavy (non-hydrogen) atoms. The molecule has 2 unspecified atom stereocenters. The summed E-state index contributed by atoms with van der Waals surface area (Å²) in [5.41, 5.74) is 7.67. The summed E-state index contributed by atoms with van der Waals surface area (Å²) in [5, 5.41) is 13.0. The molecule has 0 aliphatic rings. The zero-order valence-corrected chi connectivity index (χ0v) is 17.6. The molecule has 154 valence electrons. The molecule has 1 aromatic heterocycles. The lowest BCUT2D eigenvalue weighted by molar-refractivity contribution is -0.142. The first-order chi connectivity index (χ1) is 13.3. The molecule has 1 amide bonds. The Kier molecular flexibility index (Phi) is 8.38. The number of carbonyl (C=O) groups is 2. The van der Waals surface area contributed by atoms with Crippen molar-refractivity contribution in [3.8, 4) is 0 Å². The number of carboxylic acids is 1. The topological polar surface area (TPSA) is 108 Å². The van der Waals surface area contributed by atoms with E-state index in [1.807, 2.05) is 18.3 Å². The largest absolute Gasteiger partial charge is 0.480 e. The minimum Gasteiger partial charge on any atom is -0.480 e. The molecular weight excluding hydrogens is 374 g/mol. The van der Waals surface area contributed by atoms with Crippen molar-refractivity contribution in [3.05, 3.63) is 30.0 Å². The number of hydrogen-bond donors (Lipinski definition) is 4. The van der Waals surface area contributed by atoms with Crippen molar-refractivity contribution in [2.75, 3.05) is 6.54 Å². The van der Waals surface area contributed by atoms with Crippen LogP contribution in [0.1, 0.15) is 45.1 Å². The Morgan fingerprint density at radius 2 is 2.04 bits per heavy atom. The highest BCUT2D eigenvalue weighted by Gasteiger charge is 2.27. The highest BCUT2D eigenvalue weighted by atomic mass is 32.2. The number of aromatic amines is 1. The van der Waals surface area contributed by atoms with Gasteiger partial charge in [-0.3, -0.25) is 4.79 Å². The highest BCUT2D eigenvalue weighted by Crippen LogP contribution is 2.35. The number of H-pyrrole nitrogens is 1. The minimum absolute atomic E-state index is 0.221. The van der Waals surface area contributed by atoms with Crippen molar-refractivity contribution in [1.29, 1.82) is 0 Å². The van der Waals surface area contributed by atoms with E-state index in [0.29, 0.717) is 31.7 Å². The molecule has 0 aliphatic heterocycles. The van der Waals surface area contributed by atoms with E-state index < -0.39 is 12.0 Å². The number of benzene rings is 1. The van der Waals surface area contributed by atoms with Gasteiger partial charge in [0.2, 0.25) is 5.91 Å². The molecule has 5 N–H and O–H groups in total. The lowest BCUT2D eigenvalue weighted by Gasteiger charge is -2.21. The molecule has 0 saturated carbocycles. The Hall–Kier alpha value is -1.99. The minimum atomic E-state index is -0.999. The van der Waals surface area contributed by atoms with Crippen LogP contribution in [0.2, 0.25) is 0 Å². The van der Waals surface area contributed by atoms with Gasteiger partial charge in [-0.15, -0.1) is 11.8 Å². The Morgan fingerprint density at radius 1 is 1.29 bits per heavy atom. The van der Waals surface area contributed by atoms with Gasteiger partial charge in [0.25, 0.3) is 0 Å². The fourth-order valence-electron chi connectivity index (χ4n) is 3.23. The third kappa shape index (κ3) is 6.01. The quantitative estimate of drug-likeness (QED) is 0.337. The molecule has 0 saturated heterocycles. The number of aromatic nitrogens is 1. The van der Waals surface area contributed by atoms with E-state index in [-0.39, 0.29) is 11.2 Å². The van der Waals surface area contributed by atoms with Crippen LogP contribution < -0.4 is 11.1 Å². The fraction of sp³-hybridized carbons (Fsp3) is 0.524. The third-order valence-corrected chi connectivity index (χ3v) is 5.95. The number of carboxylic acid groups (broad SMARTS) is 1. The molecule has 1 heterocycles. The SMILES string of the molecule is Cc1cccc2[nH]cc(SC(CC(C)C)C(=O)NC(CCCCN)C(=O)O)c12. The number of amides is 1. The average Bonchev–Trinajstić information content (AvgIpc) is 3.04. The monoisotopic (exact) mass is 405 g/mol. The molecule has 6 nitrogen and oxygen atoms in total. The summed E-state index contributed by atoms with van der Waals surface area (Å²) in [5.74, 6) is -0.904. The Morgan fingerprint density at radius 3 is 2.68 bits per heavy atom. The molecule has 0 spiro atoms. The van der Waals surface area contributed by atoms with E-state index in [0.717, 1.165) is 27.8 Å². The van der Waals surface area contributed by atoms with Crippen LogP contribution in [-0.2, 0) is 9.59 Å². The predicted octanol–water partition coefficient (Wildman–Crippen LogP) is 3.68. The fourth-order valence-corrected chi connectivity index (χ4v) is 4.71. The van der Waals surface area contributed by atoms with Gasteiger partial charge in [-0.05, 0) is 56.7 Å². The van der Waals surface area contributed by atoms with Gasteiger partial charge in [0.05, 0.1) is 5.25 Å². The van der Waals surface area contributed by atoms with Gasteiger partial charge in [0.15, 0.2) is 0 Å². The van der Waals surface area contributed by atoms with E-state index in [9.17, 15) is 14.7 Å². The smallest absolute Gasteiger partial charge is 0.326 e. The zero-order chi connectivity index (χ0) is 20.7. The summed E-state index contributed by atoms with van der Waals surface area (Å²) in [6, 6.07) is 5.19. The number of aliphatic carboxylic acids is 1. The molecule has 0 bridgehead atoms. The number of nitrogens with one attached hydrogen (secondary N) is 2. The van der Waals surface area contributed by atoms with Crippen LogP contribution in [0.3, 0.4) is 0 Å². The second kappa shape index (κ2) is 10.5. The molecule has 1 aromatic carbocycles. The standard InChI is InChI=1S/C21H31N3O3S/c1-13(2)11-17(20(25)24-16(21(26)27)8-4-5-10-22)28-18-12-23-15-9-6-7-14(3)19(15)18/h6-7,9,12-13,16-17,23H,4-5,8,10-11,22H2,1-3H3,(H,24,25)(H,26,27). The van der Waals surface area contributed by atoms with Crippen molar-refractivity contribution in [3.63, 3.8) is 0 Å². The van der Waals surface area contributed by atoms with Gasteiger partial charge >= 0.3 is 5.97 Å². The summed E-state index contributed by atoms with van der Waals surface area (Å²) in [6.45, 7) is 6.70. The van der Waals surface area contributed by atoms with Gasteiger partial charge in [-0.2, -0.15) is 0 Å². The van der Waals surface area contributed by atoms with Crippen LogP contribution in [0.5, 0.6) is 0 Å². The van der Waals surface area contributed by atoms with Crippen LogP contribution in [-0.4, -0.2) is 39.8 Å². The number of unbranched alkanes of at least 4 members (excludes halogenated alkanes) is 1. The van der Waals surface area contributed by atoms with E-state index in [1.165, 1.54) is 11.8 Å². The maximum atomic E-state index is 12.9. The first kappa shape index (κ1) is 22.3. The zero-order valence-electron chi connectivity index (χ0n) is 16.8. The van der Waals surface area contributed by atoms with Crippen LogP contribution >= 0.6 is 11.8 Å². The van der Waals surface area contributed by atoms with Crippen LogP contribution in [0.25, 0.3) is 10.9 Å². The summed E-state index contributed by atoms with van der Waals surface area (Å²) < 4.78 is 0. The van der Waals surface area contributed by atoms with Gasteiger partial charge in [0.1, 0.15) is 6.04 Å². The van der Waals surface area contributed by atoms with Crippen molar-refractivity contribution in [2.45, 2.75) is 62.6 Å². The maximum Gasteiger partial charge on any atom is 0.326 e. The first-order valence-corrected chi connectivity index (χ1v) is 10.7. The second-order valence-electron chi connectivity index (χ2n) is 7.57. The Bertz CT molecular complexity index is 803. The molecule has 0 aliphatic carbocycles. The van der Waals surface area contributed by atoms with Gasteiger partial charge in [-0.1, -0.05) is 26.0 Å². The molecule has 2 rings (SSSR count). The van der Waals surface area contributed by atoms with Crippen LogP contribution in [0.15, 0.2) is 29.3 Å². The second-order valence-corrected chi connectivity index (χ2v) is 8.81. The van der Waals surface area contributed by atoms with E-state index >= 15 is 0 Å². The van der Waals surface area contributed by atoms with Gasteiger partial charge in [-0.25, -0.2) is 4.79 Å². The van der Waals surface area contributed by atoms with E-state index in [1.54, 1.807) is 0 Å². The predicted molar refractivity (Wildman–Crippen MR) is 115 cm³/mol. The summed E-state index contributed by atoms with van der Waals surface area (Å²) in [4.78, 5) is 28.8. The van der Waals surface area contributed by atoms with Crippen molar-refractivity contribution < 1.29 is 14.7 Å². The Balaban J connectivity index is 2.17. The molecular formula is C21H31N3O3S. The summed E-state index contributed by atoms with van der Waals surface area (Å²) in [6.07, 6.45) is 4.42. The normalized spacial score (nSPS) is 13.6. The molecule has 0 radical (unpaired) electrons. The number of hydrogen-bond acceptors (Lipinski definition) is 4. The summed E-state index contributed by atoms with van der Waals surface area (Å²) in [7, 11) is 0. The number of rotatable bonds is 11. The van der Waals surface area contributed by atoms with Crippen molar-refractivity contribution >= 4 is 34.5 Å². The lowest BCUT2D eigenvalue weighted by atomic mass is 10.1. The first-order valence-electron chi connectivity index (χ1n) is 9.80. The third-order valence-electron chi connectivity index (χ3n) is 4.69. The molecule has 0 fully saturated rings. The maximum absolute atomic E-state index is 12.9. The number of fused-ring (bicyclic) bond motifs is 1. The van der Waals surface area contributed by atoms with E-state index in [2.05, 4.69) is 37.1 Å². The number of thioether (sulfide) groups is 1. The number of nitrogens with two attached hydrogens (primary N) is 1. The summed E-state index contributed by atoms with van der Waals surface area (Å²) >= 11 is 1.50. The van der Waals surface area contributed by atoms with Gasteiger partial charge < -0.3 is 21.1 Å². The molecule has 2 atom stereocenters. The average molecular weight is 406 g/mol. The van der Waals surface area contributed by atoms with Crippen molar-refractivity contribution in [1.82, 2.24) is 10.3 Å². The van der Waals surface area contributed by atoms with E-state index in [4.69, 9.17) is 5.73 Å².